The standard InChI is InChI=1S/C16H17ClFNO/c1-10-12(17)6-4-8-14(10)19-11(2)16-13(18)7-5-9-15(16)20-3/h4-9,11,19H,1-3H3. The summed E-state index contributed by atoms with van der Waals surface area (Å²) in [5.41, 5.74) is 2.33. The SMILES string of the molecule is COc1cccc(F)c1C(C)Nc1cccc(Cl)c1C. The summed E-state index contributed by atoms with van der Waals surface area (Å²) >= 11 is 6.09. The van der Waals surface area contributed by atoms with E-state index in [0.717, 1.165) is 11.3 Å². The van der Waals surface area contributed by atoms with E-state index in [1.165, 1.54) is 13.2 Å². The minimum absolute atomic E-state index is 0.233. The van der Waals surface area contributed by atoms with Crippen LogP contribution in [0.3, 0.4) is 0 Å². The lowest BCUT2D eigenvalue weighted by Crippen LogP contribution is -2.11. The van der Waals surface area contributed by atoms with E-state index in [4.69, 9.17) is 16.3 Å². The smallest absolute Gasteiger partial charge is 0.132 e. The molecule has 0 aliphatic rings. The third-order valence-corrected chi connectivity index (χ3v) is 3.72. The van der Waals surface area contributed by atoms with Gasteiger partial charge in [0.15, 0.2) is 0 Å². The monoisotopic (exact) mass is 293 g/mol. The molecule has 0 aliphatic carbocycles. The van der Waals surface area contributed by atoms with Crippen LogP contribution in [0.5, 0.6) is 5.75 Å². The van der Waals surface area contributed by atoms with Gasteiger partial charge in [0.25, 0.3) is 0 Å². The van der Waals surface area contributed by atoms with Crippen molar-refractivity contribution >= 4 is 17.3 Å². The summed E-state index contributed by atoms with van der Waals surface area (Å²) in [4.78, 5) is 0. The summed E-state index contributed by atoms with van der Waals surface area (Å²) < 4.78 is 19.3. The molecule has 0 aromatic heterocycles. The number of methoxy groups -OCH3 is 1. The van der Waals surface area contributed by atoms with Gasteiger partial charge in [0.2, 0.25) is 0 Å². The van der Waals surface area contributed by atoms with Crippen molar-refractivity contribution in [3.8, 4) is 5.75 Å². The van der Waals surface area contributed by atoms with E-state index >= 15 is 0 Å². The number of benzene rings is 2. The fourth-order valence-corrected chi connectivity index (χ4v) is 2.36. The van der Waals surface area contributed by atoms with E-state index in [1.807, 2.05) is 32.0 Å². The molecule has 4 heteroatoms. The largest absolute Gasteiger partial charge is 0.496 e. The second-order valence-electron chi connectivity index (χ2n) is 4.63. The molecule has 1 unspecified atom stereocenters. The Kier molecular flexibility index (Phi) is 4.50. The Labute approximate surface area is 123 Å². The van der Waals surface area contributed by atoms with Gasteiger partial charge in [-0.1, -0.05) is 23.7 Å². The van der Waals surface area contributed by atoms with Crippen LogP contribution in [0, 0.1) is 12.7 Å². The van der Waals surface area contributed by atoms with E-state index in [-0.39, 0.29) is 11.9 Å². The average molecular weight is 294 g/mol. The summed E-state index contributed by atoms with van der Waals surface area (Å²) in [6.45, 7) is 3.82. The van der Waals surface area contributed by atoms with Crippen LogP contribution in [-0.2, 0) is 0 Å². The highest BCUT2D eigenvalue weighted by Gasteiger charge is 2.17. The van der Waals surface area contributed by atoms with Crippen molar-refractivity contribution in [3.63, 3.8) is 0 Å². The van der Waals surface area contributed by atoms with Gasteiger partial charge in [-0.25, -0.2) is 4.39 Å². The molecule has 106 valence electrons. The first kappa shape index (κ1) is 14.7. The van der Waals surface area contributed by atoms with Crippen LogP contribution in [0.4, 0.5) is 10.1 Å². The summed E-state index contributed by atoms with van der Waals surface area (Å²) in [5.74, 6) is 0.244. The fourth-order valence-electron chi connectivity index (χ4n) is 2.18. The molecule has 0 fully saturated rings. The minimum Gasteiger partial charge on any atom is -0.496 e. The van der Waals surface area contributed by atoms with Gasteiger partial charge >= 0.3 is 0 Å². The van der Waals surface area contributed by atoms with Gasteiger partial charge < -0.3 is 10.1 Å². The van der Waals surface area contributed by atoms with Gasteiger partial charge in [0.05, 0.1) is 18.7 Å². The Bertz CT molecular complexity index is 615. The first-order chi connectivity index (χ1) is 9.54. The Morgan fingerprint density at radius 2 is 1.90 bits per heavy atom. The molecule has 0 saturated carbocycles. The van der Waals surface area contributed by atoms with Crippen LogP contribution in [0.1, 0.15) is 24.1 Å². The average Bonchev–Trinajstić information content (AvgIpc) is 2.43. The number of nitrogens with one attached hydrogen (secondary N) is 1. The highest BCUT2D eigenvalue weighted by atomic mass is 35.5. The van der Waals surface area contributed by atoms with E-state index in [9.17, 15) is 4.39 Å². The second kappa shape index (κ2) is 6.14. The van der Waals surface area contributed by atoms with Crippen LogP contribution >= 0.6 is 11.6 Å². The van der Waals surface area contributed by atoms with Crippen molar-refractivity contribution in [2.45, 2.75) is 19.9 Å². The van der Waals surface area contributed by atoms with Crippen molar-refractivity contribution < 1.29 is 9.13 Å². The number of halogens is 2. The molecule has 0 heterocycles. The number of ether oxygens (including phenoxy) is 1. The number of anilines is 1. The molecule has 2 nitrogen and oxygen atoms in total. The molecule has 2 aromatic rings. The predicted octanol–water partition coefficient (Wildman–Crippen LogP) is 4.97. The molecule has 2 aromatic carbocycles. The summed E-state index contributed by atoms with van der Waals surface area (Å²) in [6.07, 6.45) is 0. The first-order valence-electron chi connectivity index (χ1n) is 6.38. The van der Waals surface area contributed by atoms with Crippen LogP contribution in [0.25, 0.3) is 0 Å². The normalized spacial score (nSPS) is 12.1. The molecule has 1 N–H and O–H groups in total. The zero-order valence-corrected chi connectivity index (χ0v) is 12.5. The third kappa shape index (κ3) is 2.88. The molecule has 0 spiro atoms. The van der Waals surface area contributed by atoms with Crippen LogP contribution in [-0.4, -0.2) is 7.11 Å². The van der Waals surface area contributed by atoms with Crippen molar-refractivity contribution in [3.05, 3.63) is 58.4 Å². The highest BCUT2D eigenvalue weighted by molar-refractivity contribution is 6.31. The van der Waals surface area contributed by atoms with Crippen LogP contribution < -0.4 is 10.1 Å². The lowest BCUT2D eigenvalue weighted by molar-refractivity contribution is 0.402. The van der Waals surface area contributed by atoms with E-state index in [1.54, 1.807) is 12.1 Å². The summed E-state index contributed by atoms with van der Waals surface area (Å²) in [6, 6.07) is 10.2. The lowest BCUT2D eigenvalue weighted by Gasteiger charge is -2.20. The van der Waals surface area contributed by atoms with Crippen LogP contribution in [0.2, 0.25) is 5.02 Å². The van der Waals surface area contributed by atoms with Crippen molar-refractivity contribution in [1.82, 2.24) is 0 Å². The molecular weight excluding hydrogens is 277 g/mol. The molecule has 0 saturated heterocycles. The fraction of sp³-hybridized carbons (Fsp3) is 0.250. The van der Waals surface area contributed by atoms with Gasteiger partial charge in [0.1, 0.15) is 11.6 Å². The number of rotatable bonds is 4. The highest BCUT2D eigenvalue weighted by Crippen LogP contribution is 2.32. The van der Waals surface area contributed by atoms with E-state index in [0.29, 0.717) is 16.3 Å². The molecule has 0 amide bonds. The quantitative estimate of drug-likeness (QED) is 0.859. The van der Waals surface area contributed by atoms with Gasteiger partial charge in [-0.2, -0.15) is 0 Å². The minimum atomic E-state index is -0.288. The maximum absolute atomic E-state index is 14.0. The first-order valence-corrected chi connectivity index (χ1v) is 6.76. The summed E-state index contributed by atoms with van der Waals surface area (Å²) in [5, 5.41) is 3.96. The van der Waals surface area contributed by atoms with E-state index < -0.39 is 0 Å². The maximum atomic E-state index is 14.0. The maximum Gasteiger partial charge on any atom is 0.132 e. The molecular formula is C16H17ClFNO. The molecule has 1 atom stereocenters. The molecule has 0 bridgehead atoms. The number of hydrogen-bond acceptors (Lipinski definition) is 2. The molecule has 2 rings (SSSR count). The lowest BCUT2D eigenvalue weighted by atomic mass is 10.1. The van der Waals surface area contributed by atoms with Gasteiger partial charge in [-0.3, -0.25) is 0 Å². The molecule has 0 aliphatic heterocycles. The van der Waals surface area contributed by atoms with Crippen molar-refractivity contribution in [2.24, 2.45) is 0 Å². The Morgan fingerprint density at radius 1 is 1.20 bits per heavy atom. The zero-order valence-electron chi connectivity index (χ0n) is 11.7. The predicted molar refractivity (Wildman–Crippen MR) is 81.2 cm³/mol. The van der Waals surface area contributed by atoms with Crippen molar-refractivity contribution in [1.29, 1.82) is 0 Å². The molecule has 20 heavy (non-hydrogen) atoms. The zero-order chi connectivity index (χ0) is 14.7. The molecule has 0 radical (unpaired) electrons. The third-order valence-electron chi connectivity index (χ3n) is 3.31. The Balaban J connectivity index is 2.33. The Hall–Kier alpha value is -1.74. The van der Waals surface area contributed by atoms with Crippen LogP contribution in [0.15, 0.2) is 36.4 Å². The topological polar surface area (TPSA) is 21.3 Å². The van der Waals surface area contributed by atoms with Gasteiger partial charge in [0, 0.05) is 10.7 Å². The second-order valence-corrected chi connectivity index (χ2v) is 5.04. The van der Waals surface area contributed by atoms with Crippen molar-refractivity contribution in [2.75, 3.05) is 12.4 Å². The number of hydrogen-bond donors (Lipinski definition) is 1. The van der Waals surface area contributed by atoms with E-state index in [2.05, 4.69) is 5.32 Å². The summed E-state index contributed by atoms with van der Waals surface area (Å²) in [7, 11) is 1.54. The Morgan fingerprint density at radius 3 is 2.60 bits per heavy atom. The van der Waals surface area contributed by atoms with Gasteiger partial charge in [-0.05, 0) is 43.7 Å². The van der Waals surface area contributed by atoms with Gasteiger partial charge in [-0.15, -0.1) is 0 Å².